The molecule has 1 aliphatic heterocycles. The fourth-order valence-electron chi connectivity index (χ4n) is 2.82. The quantitative estimate of drug-likeness (QED) is 0.839. The van der Waals surface area contributed by atoms with Gasteiger partial charge in [-0.15, -0.1) is 0 Å². The molecule has 0 aliphatic carbocycles. The zero-order valence-corrected chi connectivity index (χ0v) is 15.1. The Morgan fingerprint density at radius 1 is 1.45 bits per heavy atom. The van der Waals surface area contributed by atoms with Crippen LogP contribution in [0.5, 0.6) is 5.75 Å². The minimum absolute atomic E-state index is 0.101. The van der Waals surface area contributed by atoms with Crippen LogP contribution < -0.4 is 10.1 Å². The van der Waals surface area contributed by atoms with Crippen molar-refractivity contribution in [1.29, 1.82) is 0 Å². The molecule has 0 radical (unpaired) electrons. The highest BCUT2D eigenvalue weighted by atomic mass is 79.9. The van der Waals surface area contributed by atoms with Crippen LogP contribution in [0.2, 0.25) is 0 Å². The van der Waals surface area contributed by atoms with Gasteiger partial charge >= 0.3 is 0 Å². The number of nitrogens with zero attached hydrogens (tertiary/aromatic N) is 1. The van der Waals surface area contributed by atoms with E-state index >= 15 is 0 Å². The molecule has 1 amide bonds. The van der Waals surface area contributed by atoms with Gasteiger partial charge in [0.1, 0.15) is 5.75 Å². The maximum absolute atomic E-state index is 12.8. The van der Waals surface area contributed by atoms with Gasteiger partial charge in [-0.25, -0.2) is 0 Å². The molecule has 4 nitrogen and oxygen atoms in total. The van der Waals surface area contributed by atoms with Crippen LogP contribution in [0, 0.1) is 11.8 Å². The highest BCUT2D eigenvalue weighted by Crippen LogP contribution is 2.27. The number of halogens is 1. The zero-order valence-electron chi connectivity index (χ0n) is 13.5. The van der Waals surface area contributed by atoms with Crippen LogP contribution in [0.1, 0.15) is 20.3 Å². The van der Waals surface area contributed by atoms with Gasteiger partial charge in [0.15, 0.2) is 6.10 Å². The Kier molecular flexibility index (Phi) is 6.26. The molecule has 122 valence electrons. The summed E-state index contributed by atoms with van der Waals surface area (Å²) < 4.78 is 6.90. The molecule has 1 aromatic rings. The van der Waals surface area contributed by atoms with Crippen molar-refractivity contribution in [3.8, 4) is 5.75 Å². The second-order valence-electron chi connectivity index (χ2n) is 6.21. The van der Waals surface area contributed by atoms with Crippen molar-refractivity contribution in [3.05, 3.63) is 28.7 Å². The molecule has 1 saturated heterocycles. The third-order valence-corrected chi connectivity index (χ3v) is 4.68. The van der Waals surface area contributed by atoms with E-state index in [2.05, 4.69) is 21.2 Å². The Morgan fingerprint density at radius 2 is 2.18 bits per heavy atom. The first kappa shape index (κ1) is 17.3. The summed E-state index contributed by atoms with van der Waals surface area (Å²) in [7, 11) is 1.96. The van der Waals surface area contributed by atoms with Crippen molar-refractivity contribution in [3.63, 3.8) is 0 Å². The molecule has 0 aromatic heterocycles. The van der Waals surface area contributed by atoms with Gasteiger partial charge in [-0.3, -0.25) is 4.79 Å². The second-order valence-corrected chi connectivity index (χ2v) is 7.06. The smallest absolute Gasteiger partial charge is 0.263 e. The number of amides is 1. The average molecular weight is 369 g/mol. The highest BCUT2D eigenvalue weighted by Gasteiger charge is 2.33. The van der Waals surface area contributed by atoms with E-state index in [0.717, 1.165) is 36.3 Å². The van der Waals surface area contributed by atoms with Crippen LogP contribution in [0.4, 0.5) is 0 Å². The van der Waals surface area contributed by atoms with Crippen LogP contribution in [0.15, 0.2) is 28.7 Å². The number of hydrogen-bond acceptors (Lipinski definition) is 3. The predicted octanol–water partition coefficient (Wildman–Crippen LogP) is 2.92. The standard InChI is InChI=1S/C17H25BrN2O2/c1-12(2)16(22-15-7-5-4-6-14(15)18)17(21)20-9-8-13(11-20)10-19-3/h4-7,12-13,16,19H,8-11H2,1-3H3/t13-,16+/m1/s1. The van der Waals surface area contributed by atoms with E-state index in [4.69, 9.17) is 4.74 Å². The number of nitrogens with one attached hydrogen (secondary N) is 1. The maximum atomic E-state index is 12.8. The van der Waals surface area contributed by atoms with Gasteiger partial charge in [0.25, 0.3) is 5.91 Å². The van der Waals surface area contributed by atoms with Gasteiger partial charge in [0.05, 0.1) is 4.47 Å². The minimum atomic E-state index is -0.438. The summed E-state index contributed by atoms with van der Waals surface area (Å²) in [4.78, 5) is 14.8. The van der Waals surface area contributed by atoms with Crippen LogP contribution in [0.3, 0.4) is 0 Å². The van der Waals surface area contributed by atoms with Crippen molar-refractivity contribution < 1.29 is 9.53 Å². The predicted molar refractivity (Wildman–Crippen MR) is 92.0 cm³/mol. The van der Waals surface area contributed by atoms with Gasteiger partial charge in [-0.05, 0) is 59.9 Å². The minimum Gasteiger partial charge on any atom is -0.479 e. The molecular formula is C17H25BrN2O2. The molecular weight excluding hydrogens is 344 g/mol. The molecule has 1 N–H and O–H groups in total. The first-order chi connectivity index (χ1) is 10.5. The van der Waals surface area contributed by atoms with Gasteiger partial charge < -0.3 is 15.0 Å². The fourth-order valence-corrected chi connectivity index (χ4v) is 3.20. The van der Waals surface area contributed by atoms with Gasteiger partial charge in [-0.2, -0.15) is 0 Å². The molecule has 0 bridgehead atoms. The molecule has 1 aromatic carbocycles. The Morgan fingerprint density at radius 3 is 2.82 bits per heavy atom. The third kappa shape index (κ3) is 4.23. The summed E-state index contributed by atoms with van der Waals surface area (Å²) in [5.74, 6) is 1.50. The van der Waals surface area contributed by atoms with E-state index in [1.165, 1.54) is 0 Å². The van der Waals surface area contributed by atoms with Crippen LogP contribution >= 0.6 is 15.9 Å². The topological polar surface area (TPSA) is 41.6 Å². The summed E-state index contributed by atoms with van der Waals surface area (Å²) in [6.07, 6.45) is 0.624. The molecule has 2 atom stereocenters. The summed E-state index contributed by atoms with van der Waals surface area (Å²) in [6.45, 7) is 6.66. The number of hydrogen-bond donors (Lipinski definition) is 1. The van der Waals surface area contributed by atoms with Crippen molar-refractivity contribution in [2.45, 2.75) is 26.4 Å². The number of ether oxygens (including phenoxy) is 1. The largest absolute Gasteiger partial charge is 0.479 e. The van der Waals surface area contributed by atoms with Crippen LogP contribution in [-0.2, 0) is 4.79 Å². The number of para-hydroxylation sites is 1. The normalized spacial score (nSPS) is 19.5. The number of likely N-dealkylation sites (tertiary alicyclic amines) is 1. The van der Waals surface area contributed by atoms with Gasteiger partial charge in [0, 0.05) is 13.1 Å². The summed E-state index contributed by atoms with van der Waals surface area (Å²) in [5.41, 5.74) is 0. The van der Waals surface area contributed by atoms with E-state index in [1.807, 2.05) is 50.1 Å². The zero-order chi connectivity index (χ0) is 16.1. The number of carbonyl (C=O) groups excluding carboxylic acids is 1. The van der Waals surface area contributed by atoms with E-state index < -0.39 is 6.10 Å². The molecule has 22 heavy (non-hydrogen) atoms. The number of carbonyl (C=O) groups is 1. The van der Waals surface area contributed by atoms with Gasteiger partial charge in [-0.1, -0.05) is 26.0 Å². The highest BCUT2D eigenvalue weighted by molar-refractivity contribution is 9.10. The third-order valence-electron chi connectivity index (χ3n) is 4.03. The lowest BCUT2D eigenvalue weighted by Gasteiger charge is -2.27. The summed E-state index contributed by atoms with van der Waals surface area (Å²) in [5, 5.41) is 3.19. The molecule has 1 aliphatic rings. The lowest BCUT2D eigenvalue weighted by Crippen LogP contribution is -2.44. The maximum Gasteiger partial charge on any atom is 0.263 e. The monoisotopic (exact) mass is 368 g/mol. The Balaban J connectivity index is 2.05. The Labute approximate surface area is 141 Å². The van der Waals surface area contributed by atoms with Crippen molar-refractivity contribution in [2.24, 2.45) is 11.8 Å². The molecule has 0 spiro atoms. The molecule has 2 rings (SSSR count). The summed E-state index contributed by atoms with van der Waals surface area (Å²) >= 11 is 3.48. The number of rotatable bonds is 6. The molecule has 1 heterocycles. The second kappa shape index (κ2) is 7.97. The van der Waals surface area contributed by atoms with Crippen molar-refractivity contribution in [1.82, 2.24) is 10.2 Å². The lowest BCUT2D eigenvalue weighted by molar-refractivity contribution is -0.139. The Bertz CT molecular complexity index is 507. The van der Waals surface area contributed by atoms with Crippen molar-refractivity contribution in [2.75, 3.05) is 26.7 Å². The SMILES string of the molecule is CNC[C@H]1CCN(C(=O)[C@@H](Oc2ccccc2Br)C(C)C)C1. The number of benzene rings is 1. The van der Waals surface area contributed by atoms with E-state index in [9.17, 15) is 4.79 Å². The van der Waals surface area contributed by atoms with Crippen LogP contribution in [-0.4, -0.2) is 43.6 Å². The Hall–Kier alpha value is -1.07. The molecule has 0 saturated carbocycles. The fraction of sp³-hybridized carbons (Fsp3) is 0.588. The molecule has 0 unspecified atom stereocenters. The van der Waals surface area contributed by atoms with E-state index in [1.54, 1.807) is 0 Å². The molecule has 5 heteroatoms. The van der Waals surface area contributed by atoms with E-state index in [-0.39, 0.29) is 11.8 Å². The van der Waals surface area contributed by atoms with Crippen LogP contribution in [0.25, 0.3) is 0 Å². The first-order valence-electron chi connectivity index (χ1n) is 7.87. The van der Waals surface area contributed by atoms with Gasteiger partial charge in [0.2, 0.25) is 0 Å². The average Bonchev–Trinajstić information content (AvgIpc) is 2.94. The van der Waals surface area contributed by atoms with E-state index in [0.29, 0.717) is 5.92 Å². The first-order valence-corrected chi connectivity index (χ1v) is 8.66. The lowest BCUT2D eigenvalue weighted by atomic mass is 10.1. The molecule has 1 fully saturated rings. The summed E-state index contributed by atoms with van der Waals surface area (Å²) in [6, 6.07) is 7.67. The van der Waals surface area contributed by atoms with Crippen molar-refractivity contribution >= 4 is 21.8 Å².